The van der Waals surface area contributed by atoms with Crippen LogP contribution < -0.4 is 20.7 Å². The van der Waals surface area contributed by atoms with Crippen LogP contribution in [0.5, 0.6) is 11.5 Å². The van der Waals surface area contributed by atoms with Crippen molar-refractivity contribution in [3.63, 3.8) is 0 Å². The van der Waals surface area contributed by atoms with Gasteiger partial charge < -0.3 is 40.5 Å². The fraction of sp³-hybridized carbons (Fsp3) is 0.297. The van der Waals surface area contributed by atoms with Crippen molar-refractivity contribution in [1.29, 1.82) is 0 Å². The van der Waals surface area contributed by atoms with Gasteiger partial charge in [-0.05, 0) is 66.1 Å². The topological polar surface area (TPSA) is 167 Å². The molecule has 0 radical (unpaired) electrons. The molecule has 0 aliphatic heterocycles. The molecule has 5 N–H and O–H groups in total. The number of hydrogen-bond acceptors (Lipinski definition) is 10. The van der Waals surface area contributed by atoms with E-state index in [-0.39, 0.29) is 24.8 Å². The number of amides is 2. The van der Waals surface area contributed by atoms with Crippen LogP contribution in [0.25, 0.3) is 6.08 Å². The maximum atomic E-state index is 13.3. The number of allylic oxidation sites excluding steroid dienone is 1. The summed E-state index contributed by atoms with van der Waals surface area (Å²) in [5.41, 5.74) is 4.19. The minimum absolute atomic E-state index is 0.0107. The number of aliphatic hydroxyl groups excluding tert-OH is 1. The van der Waals surface area contributed by atoms with Gasteiger partial charge in [0.15, 0.2) is 0 Å². The molecule has 2 unspecified atom stereocenters. The summed E-state index contributed by atoms with van der Waals surface area (Å²) in [5, 5.41) is 34.4. The third-order valence-corrected chi connectivity index (χ3v) is 8.05. The quantitative estimate of drug-likeness (QED) is 0.0471. The lowest BCUT2D eigenvalue weighted by Crippen LogP contribution is -2.32. The molecule has 2 atom stereocenters. The Morgan fingerprint density at radius 3 is 2.54 bits per heavy atom. The molecule has 0 saturated carbocycles. The Labute approximate surface area is 291 Å². The molecule has 0 aliphatic carbocycles. The number of anilines is 1. The monoisotopic (exact) mass is 684 g/mol. The number of carbonyl (C=O) groups is 3. The van der Waals surface area contributed by atoms with Crippen molar-refractivity contribution in [2.24, 2.45) is 7.05 Å². The summed E-state index contributed by atoms with van der Waals surface area (Å²) in [5.74, 6) is 0.393. The number of hydrogen-bond donors (Lipinski definition) is 5. The summed E-state index contributed by atoms with van der Waals surface area (Å²) in [6, 6.07) is 21.3. The number of ether oxygens (including phenoxy) is 2. The minimum Gasteiger partial charge on any atom is -0.506 e. The van der Waals surface area contributed by atoms with Crippen LogP contribution in [0.3, 0.4) is 0 Å². The van der Waals surface area contributed by atoms with Gasteiger partial charge in [0.2, 0.25) is 0 Å². The Kier molecular flexibility index (Phi) is 13.5. The lowest BCUT2D eigenvalue weighted by Gasteiger charge is -2.19. The standard InChI is InChI=1S/C37H44N6O7/c1-38-35-30(15-9-20-44)29(16-17-32(35)45)33(46)23-39-18-10-19-42(2)36(47)31-22-27(41-43(31)3)24-50-28-14-8-13-26(21-28)34(40-37(48)49-4)25-11-6-5-7-12-25/h5-9,11-17,20-22,33-34,38-39,45-46H,10,18-19,23-24H2,1-4H3,(H,40,48)/b15-9-. The SMILES string of the molecule is CNc1c(O)ccc(C(O)CNCCCN(C)C(=O)c2cc(COc3cccc(C(NC(=O)OC)c4ccccc4)c3)nn2C)c1/C=C\C=O. The predicted octanol–water partition coefficient (Wildman–Crippen LogP) is 4.19. The van der Waals surface area contributed by atoms with Gasteiger partial charge in [-0.15, -0.1) is 0 Å². The molecule has 0 spiro atoms. The molecule has 0 fully saturated rings. The van der Waals surface area contributed by atoms with Crippen LogP contribution in [0.15, 0.2) is 78.9 Å². The number of alkyl carbamates (subject to hydrolysis) is 1. The minimum atomic E-state index is -0.896. The molecule has 264 valence electrons. The van der Waals surface area contributed by atoms with E-state index in [0.717, 1.165) is 11.1 Å². The van der Waals surface area contributed by atoms with Crippen LogP contribution in [-0.4, -0.2) is 84.0 Å². The highest BCUT2D eigenvalue weighted by molar-refractivity contribution is 5.92. The van der Waals surface area contributed by atoms with E-state index in [4.69, 9.17) is 9.47 Å². The Hall–Kier alpha value is -5.66. The fourth-order valence-corrected chi connectivity index (χ4v) is 5.50. The van der Waals surface area contributed by atoms with Gasteiger partial charge in [-0.1, -0.05) is 48.5 Å². The van der Waals surface area contributed by atoms with Crippen LogP contribution in [0, 0.1) is 0 Å². The average molecular weight is 685 g/mol. The number of aryl methyl sites for hydroxylation is 1. The number of phenolic OH excluding ortho intramolecular Hbond substituents is 1. The number of nitrogens with one attached hydrogen (secondary N) is 3. The summed E-state index contributed by atoms with van der Waals surface area (Å²) in [4.78, 5) is 37.8. The summed E-state index contributed by atoms with van der Waals surface area (Å²) in [6.07, 6.45) is 2.66. The van der Waals surface area contributed by atoms with Crippen molar-refractivity contribution in [3.05, 3.63) is 113 Å². The molecule has 13 heteroatoms. The molecule has 50 heavy (non-hydrogen) atoms. The predicted molar refractivity (Wildman–Crippen MR) is 190 cm³/mol. The second-order valence-corrected chi connectivity index (χ2v) is 11.5. The molecule has 1 heterocycles. The van der Waals surface area contributed by atoms with E-state index in [1.54, 1.807) is 44.3 Å². The third-order valence-electron chi connectivity index (χ3n) is 8.05. The molecular formula is C37H44N6O7. The number of aromatic hydroxyl groups is 1. The lowest BCUT2D eigenvalue weighted by atomic mass is 9.98. The van der Waals surface area contributed by atoms with Gasteiger partial charge in [-0.25, -0.2) is 4.79 Å². The van der Waals surface area contributed by atoms with Gasteiger partial charge in [0, 0.05) is 39.8 Å². The van der Waals surface area contributed by atoms with Crippen LogP contribution in [0.2, 0.25) is 0 Å². The Bertz CT molecular complexity index is 1780. The van der Waals surface area contributed by atoms with E-state index in [2.05, 4.69) is 21.0 Å². The average Bonchev–Trinajstić information content (AvgIpc) is 3.51. The summed E-state index contributed by atoms with van der Waals surface area (Å²) >= 11 is 0. The molecule has 0 saturated heterocycles. The Morgan fingerprint density at radius 1 is 1.06 bits per heavy atom. The number of phenols is 1. The molecule has 4 aromatic rings. The summed E-state index contributed by atoms with van der Waals surface area (Å²) in [6.45, 7) is 1.36. The second-order valence-electron chi connectivity index (χ2n) is 11.5. The normalized spacial score (nSPS) is 12.3. The molecule has 4 rings (SSSR count). The molecule has 1 aromatic heterocycles. The first-order valence-corrected chi connectivity index (χ1v) is 16.1. The smallest absolute Gasteiger partial charge is 0.407 e. The van der Waals surface area contributed by atoms with Gasteiger partial charge in [-0.2, -0.15) is 5.10 Å². The number of methoxy groups -OCH3 is 1. The zero-order valence-corrected chi connectivity index (χ0v) is 28.6. The lowest BCUT2D eigenvalue weighted by molar-refractivity contribution is -0.104. The molecular weight excluding hydrogens is 640 g/mol. The molecule has 3 aromatic carbocycles. The summed E-state index contributed by atoms with van der Waals surface area (Å²) < 4.78 is 12.4. The number of aliphatic hydroxyl groups is 1. The van der Waals surface area contributed by atoms with E-state index < -0.39 is 18.2 Å². The van der Waals surface area contributed by atoms with Crippen molar-refractivity contribution in [2.75, 3.05) is 46.2 Å². The molecule has 0 aliphatic rings. The van der Waals surface area contributed by atoms with Crippen LogP contribution in [0.1, 0.15) is 57.0 Å². The van der Waals surface area contributed by atoms with Crippen LogP contribution in [0.4, 0.5) is 10.5 Å². The Morgan fingerprint density at radius 2 is 1.82 bits per heavy atom. The van der Waals surface area contributed by atoms with E-state index in [1.807, 2.05) is 54.6 Å². The zero-order valence-electron chi connectivity index (χ0n) is 28.6. The van der Waals surface area contributed by atoms with E-state index in [0.29, 0.717) is 59.7 Å². The van der Waals surface area contributed by atoms with Crippen LogP contribution >= 0.6 is 0 Å². The second kappa shape index (κ2) is 18.2. The van der Waals surface area contributed by atoms with Crippen molar-refractivity contribution in [2.45, 2.75) is 25.2 Å². The zero-order chi connectivity index (χ0) is 36.0. The first-order valence-electron chi connectivity index (χ1n) is 16.1. The van der Waals surface area contributed by atoms with E-state index in [1.165, 1.54) is 23.9 Å². The third kappa shape index (κ3) is 9.71. The highest BCUT2D eigenvalue weighted by Crippen LogP contribution is 2.34. The number of benzene rings is 3. The number of nitrogens with zero attached hydrogens (tertiary/aromatic N) is 3. The van der Waals surface area contributed by atoms with Gasteiger partial charge in [0.05, 0.1) is 24.9 Å². The van der Waals surface area contributed by atoms with Gasteiger partial charge >= 0.3 is 6.09 Å². The van der Waals surface area contributed by atoms with Gasteiger partial charge in [-0.3, -0.25) is 14.3 Å². The largest absolute Gasteiger partial charge is 0.506 e. The number of aromatic nitrogens is 2. The van der Waals surface area contributed by atoms with Gasteiger partial charge in [0.1, 0.15) is 35.8 Å². The number of rotatable bonds is 17. The molecule has 13 nitrogen and oxygen atoms in total. The highest BCUT2D eigenvalue weighted by atomic mass is 16.5. The van der Waals surface area contributed by atoms with Crippen molar-refractivity contribution in [1.82, 2.24) is 25.3 Å². The van der Waals surface area contributed by atoms with E-state index in [9.17, 15) is 24.6 Å². The highest BCUT2D eigenvalue weighted by Gasteiger charge is 2.20. The molecule has 2 amide bonds. The fourth-order valence-electron chi connectivity index (χ4n) is 5.50. The number of aldehydes is 1. The van der Waals surface area contributed by atoms with E-state index >= 15 is 0 Å². The van der Waals surface area contributed by atoms with Crippen molar-refractivity contribution < 1.29 is 34.1 Å². The Balaban J connectivity index is 1.29. The van der Waals surface area contributed by atoms with Gasteiger partial charge in [0.25, 0.3) is 5.91 Å². The van der Waals surface area contributed by atoms with Crippen LogP contribution in [-0.2, 0) is 23.2 Å². The van der Waals surface area contributed by atoms with Crippen molar-refractivity contribution in [3.8, 4) is 11.5 Å². The first-order chi connectivity index (χ1) is 24.2. The maximum Gasteiger partial charge on any atom is 0.407 e. The molecule has 0 bridgehead atoms. The first kappa shape index (κ1) is 37.2. The summed E-state index contributed by atoms with van der Waals surface area (Å²) in [7, 11) is 6.40. The van der Waals surface area contributed by atoms with Crippen molar-refractivity contribution >= 4 is 30.0 Å². The maximum absolute atomic E-state index is 13.3. The number of carbonyl (C=O) groups excluding carboxylic acids is 3.